The lowest BCUT2D eigenvalue weighted by Gasteiger charge is -2.16. The number of aliphatic hydroxyl groups is 2. The number of aliphatic carboxylic acids is 1. The Balaban J connectivity index is 2.38. The molecular weight excluding hydrogens is 340 g/mol. The number of hydrogen-bond donors (Lipinski definition) is 3. The molecule has 1 aliphatic rings. The van der Waals surface area contributed by atoms with Gasteiger partial charge in [-0.2, -0.15) is 0 Å². The monoisotopic (exact) mass is 376 g/mol. The molecule has 0 aromatic heterocycles. The maximum Gasteiger partial charge on any atom is 0.364 e. The zero-order valence-corrected chi connectivity index (χ0v) is 16.9. The lowest BCUT2D eigenvalue weighted by molar-refractivity contribution is -0.201. The third-order valence-corrected chi connectivity index (χ3v) is 5.07. The number of carboxylic acids is 1. The topological polar surface area (TPSA) is 77.8 Å². The first kappa shape index (κ1) is 23.4. The third-order valence-electron chi connectivity index (χ3n) is 5.07. The van der Waals surface area contributed by atoms with Crippen molar-refractivity contribution in [1.82, 2.24) is 0 Å². The highest BCUT2D eigenvalue weighted by molar-refractivity contribution is 5.75. The summed E-state index contributed by atoms with van der Waals surface area (Å²) in [6, 6.07) is 0. The van der Waals surface area contributed by atoms with Crippen LogP contribution in [0.2, 0.25) is 0 Å². The van der Waals surface area contributed by atoms with Crippen molar-refractivity contribution in [2.45, 2.75) is 83.8 Å². The van der Waals surface area contributed by atoms with E-state index in [4.69, 9.17) is 5.11 Å². The zero-order valence-electron chi connectivity index (χ0n) is 16.9. The summed E-state index contributed by atoms with van der Waals surface area (Å²) in [5.74, 6) is -3.42. The second-order valence-electron chi connectivity index (χ2n) is 7.64. The van der Waals surface area contributed by atoms with Gasteiger partial charge >= 0.3 is 5.97 Å². The maximum absolute atomic E-state index is 10.7. The smallest absolute Gasteiger partial charge is 0.364 e. The predicted molar refractivity (Wildman–Crippen MR) is 109 cm³/mol. The van der Waals surface area contributed by atoms with Crippen molar-refractivity contribution in [3.05, 3.63) is 41.7 Å². The normalized spacial score (nSPS) is 19.4. The van der Waals surface area contributed by atoms with E-state index in [0.29, 0.717) is 11.8 Å². The van der Waals surface area contributed by atoms with Gasteiger partial charge in [0.2, 0.25) is 0 Å². The van der Waals surface area contributed by atoms with Gasteiger partial charge < -0.3 is 15.3 Å². The number of carboxylic acid groups (broad SMARTS) is 1. The zero-order chi connectivity index (χ0) is 20.1. The molecule has 0 saturated heterocycles. The van der Waals surface area contributed by atoms with Gasteiger partial charge in [-0.05, 0) is 56.1 Å². The SMILES string of the molecule is CCCCCCCCC=C[C@H]1C=CC[C@@H]1CC(C)=C=CCC(O)(O)C(=O)O. The summed E-state index contributed by atoms with van der Waals surface area (Å²) >= 11 is 0. The molecule has 4 heteroatoms. The van der Waals surface area contributed by atoms with E-state index in [1.54, 1.807) is 0 Å². The molecule has 0 aromatic carbocycles. The van der Waals surface area contributed by atoms with E-state index in [9.17, 15) is 15.0 Å². The number of carbonyl (C=O) groups is 1. The Bertz CT molecular complexity index is 565. The molecule has 3 N–H and O–H groups in total. The van der Waals surface area contributed by atoms with Crippen molar-refractivity contribution in [3.63, 3.8) is 0 Å². The molecule has 1 rings (SSSR count). The van der Waals surface area contributed by atoms with Crippen LogP contribution < -0.4 is 0 Å². The molecule has 0 amide bonds. The Labute approximate surface area is 164 Å². The molecule has 0 saturated carbocycles. The van der Waals surface area contributed by atoms with Crippen LogP contribution in [0, 0.1) is 11.8 Å². The van der Waals surface area contributed by atoms with Crippen LogP contribution in [0.15, 0.2) is 41.7 Å². The van der Waals surface area contributed by atoms with E-state index < -0.39 is 11.8 Å². The van der Waals surface area contributed by atoms with Gasteiger partial charge in [0.25, 0.3) is 5.79 Å². The molecule has 0 heterocycles. The number of rotatable bonds is 13. The maximum atomic E-state index is 10.7. The van der Waals surface area contributed by atoms with Gasteiger partial charge in [-0.3, -0.25) is 0 Å². The number of hydrogen-bond acceptors (Lipinski definition) is 3. The second kappa shape index (κ2) is 12.7. The molecule has 0 bridgehead atoms. The summed E-state index contributed by atoms with van der Waals surface area (Å²) in [4.78, 5) is 10.7. The van der Waals surface area contributed by atoms with E-state index in [-0.39, 0.29) is 6.42 Å². The Morgan fingerprint density at radius 3 is 2.63 bits per heavy atom. The van der Waals surface area contributed by atoms with Crippen molar-refractivity contribution >= 4 is 5.97 Å². The minimum atomic E-state index is -2.72. The fraction of sp³-hybridized carbons (Fsp3) is 0.652. The molecule has 0 radical (unpaired) electrons. The summed E-state index contributed by atoms with van der Waals surface area (Å²) in [5.41, 5.74) is 4.00. The molecule has 27 heavy (non-hydrogen) atoms. The number of unbranched alkanes of at least 4 members (excludes halogenated alkanes) is 6. The van der Waals surface area contributed by atoms with E-state index in [2.05, 4.69) is 37.0 Å². The van der Waals surface area contributed by atoms with Crippen LogP contribution >= 0.6 is 0 Å². The highest BCUT2D eigenvalue weighted by atomic mass is 16.5. The van der Waals surface area contributed by atoms with Crippen LogP contribution in [-0.2, 0) is 4.79 Å². The van der Waals surface area contributed by atoms with E-state index in [1.165, 1.54) is 44.6 Å². The van der Waals surface area contributed by atoms with Gasteiger partial charge in [-0.15, -0.1) is 5.73 Å². The minimum Gasteiger partial charge on any atom is -0.477 e. The van der Waals surface area contributed by atoms with Crippen LogP contribution in [0.1, 0.15) is 78.1 Å². The van der Waals surface area contributed by atoms with Crippen LogP contribution in [-0.4, -0.2) is 27.1 Å². The molecule has 0 aromatic rings. The summed E-state index contributed by atoms with van der Waals surface area (Å²) in [6.45, 7) is 4.19. The van der Waals surface area contributed by atoms with Crippen LogP contribution in [0.4, 0.5) is 0 Å². The average Bonchev–Trinajstić information content (AvgIpc) is 3.04. The van der Waals surface area contributed by atoms with Gasteiger partial charge in [-0.25, -0.2) is 4.79 Å². The van der Waals surface area contributed by atoms with Gasteiger partial charge in [-0.1, -0.05) is 63.3 Å². The molecule has 152 valence electrons. The van der Waals surface area contributed by atoms with Crippen molar-refractivity contribution in [1.29, 1.82) is 0 Å². The van der Waals surface area contributed by atoms with Crippen molar-refractivity contribution < 1.29 is 20.1 Å². The van der Waals surface area contributed by atoms with Crippen LogP contribution in [0.25, 0.3) is 0 Å². The van der Waals surface area contributed by atoms with Gasteiger partial charge in [0.15, 0.2) is 0 Å². The fourth-order valence-corrected chi connectivity index (χ4v) is 3.37. The first-order valence-electron chi connectivity index (χ1n) is 10.3. The van der Waals surface area contributed by atoms with Gasteiger partial charge in [0, 0.05) is 6.42 Å². The van der Waals surface area contributed by atoms with E-state index >= 15 is 0 Å². The molecule has 0 fully saturated rings. The molecule has 2 atom stereocenters. The van der Waals surface area contributed by atoms with Gasteiger partial charge in [0.05, 0.1) is 0 Å². The van der Waals surface area contributed by atoms with E-state index in [0.717, 1.165) is 24.8 Å². The molecule has 0 aliphatic heterocycles. The van der Waals surface area contributed by atoms with Crippen molar-refractivity contribution in [2.75, 3.05) is 0 Å². The quantitative estimate of drug-likeness (QED) is 0.180. The number of allylic oxidation sites excluding steroid dienone is 4. The highest BCUT2D eigenvalue weighted by Gasteiger charge is 2.31. The highest BCUT2D eigenvalue weighted by Crippen LogP contribution is 2.31. The molecule has 4 nitrogen and oxygen atoms in total. The largest absolute Gasteiger partial charge is 0.477 e. The first-order chi connectivity index (χ1) is 12.9. The molecule has 1 aliphatic carbocycles. The Morgan fingerprint density at radius 1 is 1.22 bits per heavy atom. The third kappa shape index (κ3) is 9.76. The standard InChI is InChI=1S/C23H36O4/c1-3-4-5-6-7-8-9-10-14-20-15-11-16-21(20)18-19(2)13-12-17-23(26,27)22(24)25/h10-12,14-15,20-21,26-27H,3-9,16-18H2,1-2H3,(H,24,25)/t13?,20-,21+/m0/s1. The van der Waals surface area contributed by atoms with Crippen LogP contribution in [0.5, 0.6) is 0 Å². The van der Waals surface area contributed by atoms with E-state index in [1.807, 2.05) is 6.92 Å². The Kier molecular flexibility index (Phi) is 11.0. The minimum absolute atomic E-state index is 0.371. The summed E-state index contributed by atoms with van der Waals surface area (Å²) in [5, 5.41) is 27.3. The molecular formula is C23H36O4. The van der Waals surface area contributed by atoms with Gasteiger partial charge in [0.1, 0.15) is 0 Å². The van der Waals surface area contributed by atoms with Crippen LogP contribution in [0.3, 0.4) is 0 Å². The molecule has 0 unspecified atom stereocenters. The lowest BCUT2D eigenvalue weighted by Crippen LogP contribution is -2.37. The first-order valence-corrected chi connectivity index (χ1v) is 10.3. The summed E-state index contributed by atoms with van der Waals surface area (Å²) in [6.07, 6.45) is 21.1. The second-order valence-corrected chi connectivity index (χ2v) is 7.64. The Morgan fingerprint density at radius 2 is 1.93 bits per heavy atom. The summed E-state index contributed by atoms with van der Waals surface area (Å²) < 4.78 is 0. The molecule has 0 spiro atoms. The summed E-state index contributed by atoms with van der Waals surface area (Å²) in [7, 11) is 0. The predicted octanol–water partition coefficient (Wildman–Crippen LogP) is 5.13. The lowest BCUT2D eigenvalue weighted by atomic mass is 9.89. The van der Waals surface area contributed by atoms with Crippen molar-refractivity contribution in [2.24, 2.45) is 11.8 Å². The average molecular weight is 377 g/mol. The van der Waals surface area contributed by atoms with Crippen molar-refractivity contribution in [3.8, 4) is 0 Å². The fourth-order valence-electron chi connectivity index (χ4n) is 3.37. The Hall–Kier alpha value is -1.61.